The first-order chi connectivity index (χ1) is 10.6. The molecule has 120 valence electrons. The van der Waals surface area contributed by atoms with Gasteiger partial charge in [0.05, 0.1) is 13.2 Å². The highest BCUT2D eigenvalue weighted by Gasteiger charge is 2.32. The van der Waals surface area contributed by atoms with Gasteiger partial charge in [-0.2, -0.15) is 0 Å². The molecule has 0 aliphatic carbocycles. The summed E-state index contributed by atoms with van der Waals surface area (Å²) in [6.45, 7) is 3.56. The zero-order valence-electron chi connectivity index (χ0n) is 13.2. The average molecular weight is 305 g/mol. The van der Waals surface area contributed by atoms with Gasteiger partial charge in [0.15, 0.2) is 6.10 Å². The Balaban J connectivity index is 1.70. The monoisotopic (exact) mass is 305 g/mol. The molecule has 1 atom stereocenters. The summed E-state index contributed by atoms with van der Waals surface area (Å²) in [7, 11) is 3.90. The fourth-order valence-corrected chi connectivity index (χ4v) is 2.90. The largest absolute Gasteiger partial charge is 0.365 e. The minimum absolute atomic E-state index is 0.115. The molecule has 3 heterocycles. The number of aromatic nitrogens is 2. The third kappa shape index (κ3) is 3.14. The van der Waals surface area contributed by atoms with Crippen LogP contribution >= 0.6 is 0 Å². The van der Waals surface area contributed by atoms with Gasteiger partial charge in [-0.3, -0.25) is 4.79 Å². The Hall–Kier alpha value is -1.89. The van der Waals surface area contributed by atoms with Crippen molar-refractivity contribution >= 4 is 17.5 Å². The van der Waals surface area contributed by atoms with Gasteiger partial charge in [0.1, 0.15) is 18.0 Å². The highest BCUT2D eigenvalue weighted by molar-refractivity contribution is 5.82. The predicted octanol–water partition coefficient (Wildman–Crippen LogP) is 0.370. The van der Waals surface area contributed by atoms with Gasteiger partial charge >= 0.3 is 0 Å². The first kappa shape index (κ1) is 15.0. The van der Waals surface area contributed by atoms with Crippen LogP contribution in [0, 0.1) is 0 Å². The fraction of sp³-hybridized carbons (Fsp3) is 0.667. The zero-order chi connectivity index (χ0) is 15.5. The van der Waals surface area contributed by atoms with Crippen LogP contribution in [0.4, 0.5) is 11.6 Å². The molecule has 22 heavy (non-hydrogen) atoms. The maximum atomic E-state index is 12.5. The van der Waals surface area contributed by atoms with Crippen molar-refractivity contribution in [1.29, 1.82) is 0 Å². The highest BCUT2D eigenvalue weighted by Crippen LogP contribution is 2.20. The summed E-state index contributed by atoms with van der Waals surface area (Å²) in [5.41, 5.74) is 0. The van der Waals surface area contributed by atoms with Crippen LogP contribution < -0.4 is 9.80 Å². The molecule has 1 unspecified atom stereocenters. The van der Waals surface area contributed by atoms with Crippen LogP contribution in [-0.2, 0) is 9.53 Å². The predicted molar refractivity (Wildman–Crippen MR) is 84.1 cm³/mol. The standard InChI is InChI=1S/C15H23N5O2/c1-18(2)13-9-14(17-11-16-13)20-7-8-22-12(10-20)15(21)19-5-3-4-6-19/h9,11-12H,3-8,10H2,1-2H3. The Morgan fingerprint density at radius 3 is 2.77 bits per heavy atom. The van der Waals surface area contributed by atoms with E-state index in [1.54, 1.807) is 6.33 Å². The number of morpholine rings is 1. The van der Waals surface area contributed by atoms with Crippen LogP contribution in [0.25, 0.3) is 0 Å². The van der Waals surface area contributed by atoms with Crippen molar-refractivity contribution in [2.24, 2.45) is 0 Å². The summed E-state index contributed by atoms with van der Waals surface area (Å²) in [5, 5.41) is 0. The summed E-state index contributed by atoms with van der Waals surface area (Å²) >= 11 is 0. The molecule has 7 heteroatoms. The third-order valence-electron chi connectivity index (χ3n) is 4.18. The minimum atomic E-state index is -0.385. The van der Waals surface area contributed by atoms with Crippen molar-refractivity contribution in [2.45, 2.75) is 18.9 Å². The molecule has 0 N–H and O–H groups in total. The lowest BCUT2D eigenvalue weighted by Gasteiger charge is -2.34. The lowest BCUT2D eigenvalue weighted by atomic mass is 10.2. The molecule has 7 nitrogen and oxygen atoms in total. The van der Waals surface area contributed by atoms with E-state index in [-0.39, 0.29) is 12.0 Å². The number of carbonyl (C=O) groups excluding carboxylic acids is 1. The van der Waals surface area contributed by atoms with Gasteiger partial charge in [-0.05, 0) is 12.8 Å². The molecule has 2 aliphatic rings. The van der Waals surface area contributed by atoms with Gasteiger partial charge in [-0.1, -0.05) is 0 Å². The topological polar surface area (TPSA) is 61.8 Å². The van der Waals surface area contributed by atoms with Crippen molar-refractivity contribution in [2.75, 3.05) is 56.7 Å². The number of likely N-dealkylation sites (tertiary alicyclic amines) is 1. The Kier molecular flexibility index (Phi) is 4.42. The van der Waals surface area contributed by atoms with E-state index in [1.807, 2.05) is 30.0 Å². The smallest absolute Gasteiger partial charge is 0.253 e. The number of amides is 1. The van der Waals surface area contributed by atoms with Crippen molar-refractivity contribution in [3.05, 3.63) is 12.4 Å². The van der Waals surface area contributed by atoms with Crippen LogP contribution in [0.15, 0.2) is 12.4 Å². The molecule has 1 amide bonds. The lowest BCUT2D eigenvalue weighted by Crippen LogP contribution is -2.50. The SMILES string of the molecule is CN(C)c1cc(N2CCOC(C(=O)N3CCCC3)C2)ncn1. The molecule has 2 aliphatic heterocycles. The molecule has 0 saturated carbocycles. The van der Waals surface area contributed by atoms with Crippen molar-refractivity contribution in [3.8, 4) is 0 Å². The van der Waals surface area contributed by atoms with E-state index < -0.39 is 0 Å². The maximum Gasteiger partial charge on any atom is 0.253 e. The number of hydrogen-bond donors (Lipinski definition) is 0. The van der Waals surface area contributed by atoms with E-state index in [2.05, 4.69) is 14.9 Å². The summed E-state index contributed by atoms with van der Waals surface area (Å²) in [6, 6.07) is 1.95. The zero-order valence-corrected chi connectivity index (χ0v) is 13.2. The van der Waals surface area contributed by atoms with E-state index in [1.165, 1.54) is 0 Å². The number of nitrogens with zero attached hydrogens (tertiary/aromatic N) is 5. The summed E-state index contributed by atoms with van der Waals surface area (Å²) in [5.74, 6) is 1.82. The molecule has 0 radical (unpaired) electrons. The first-order valence-electron chi connectivity index (χ1n) is 7.80. The van der Waals surface area contributed by atoms with Crippen molar-refractivity contribution in [1.82, 2.24) is 14.9 Å². The maximum absolute atomic E-state index is 12.5. The molecule has 3 rings (SSSR count). The van der Waals surface area contributed by atoms with E-state index in [0.717, 1.165) is 44.1 Å². The van der Waals surface area contributed by atoms with Crippen LogP contribution in [0.2, 0.25) is 0 Å². The second-order valence-electron chi connectivity index (χ2n) is 5.97. The van der Waals surface area contributed by atoms with Crippen LogP contribution in [0.1, 0.15) is 12.8 Å². The second-order valence-corrected chi connectivity index (χ2v) is 5.97. The second kappa shape index (κ2) is 6.48. The number of ether oxygens (including phenoxy) is 1. The summed E-state index contributed by atoms with van der Waals surface area (Å²) in [4.78, 5) is 27.0. The molecular weight excluding hydrogens is 282 g/mol. The Bertz CT molecular complexity index is 530. The third-order valence-corrected chi connectivity index (χ3v) is 4.18. The molecule has 1 aromatic heterocycles. The van der Waals surface area contributed by atoms with Gasteiger partial charge in [0.2, 0.25) is 0 Å². The van der Waals surface area contributed by atoms with Crippen molar-refractivity contribution < 1.29 is 9.53 Å². The molecule has 2 saturated heterocycles. The molecule has 1 aromatic rings. The minimum Gasteiger partial charge on any atom is -0.365 e. The molecule has 2 fully saturated rings. The lowest BCUT2D eigenvalue weighted by molar-refractivity contribution is -0.143. The van der Waals surface area contributed by atoms with Crippen LogP contribution in [0.5, 0.6) is 0 Å². The highest BCUT2D eigenvalue weighted by atomic mass is 16.5. The summed E-state index contributed by atoms with van der Waals surface area (Å²) in [6.07, 6.45) is 3.38. The quantitative estimate of drug-likeness (QED) is 0.804. The molecule has 0 bridgehead atoms. The van der Waals surface area contributed by atoms with Crippen molar-refractivity contribution in [3.63, 3.8) is 0 Å². The van der Waals surface area contributed by atoms with E-state index >= 15 is 0 Å². The normalized spacial score (nSPS) is 22.0. The number of anilines is 2. The number of carbonyl (C=O) groups is 1. The first-order valence-corrected chi connectivity index (χ1v) is 7.80. The number of hydrogen-bond acceptors (Lipinski definition) is 6. The Morgan fingerprint density at radius 2 is 2.05 bits per heavy atom. The van der Waals surface area contributed by atoms with E-state index in [9.17, 15) is 4.79 Å². The van der Waals surface area contributed by atoms with E-state index in [0.29, 0.717) is 13.2 Å². The van der Waals surface area contributed by atoms with Gasteiger partial charge in [0, 0.05) is 39.8 Å². The Morgan fingerprint density at radius 1 is 1.27 bits per heavy atom. The van der Waals surface area contributed by atoms with Gasteiger partial charge in [-0.25, -0.2) is 9.97 Å². The van der Waals surface area contributed by atoms with Gasteiger partial charge in [-0.15, -0.1) is 0 Å². The summed E-state index contributed by atoms with van der Waals surface area (Å²) < 4.78 is 5.69. The van der Waals surface area contributed by atoms with Crippen LogP contribution in [0.3, 0.4) is 0 Å². The fourth-order valence-electron chi connectivity index (χ4n) is 2.90. The Labute approximate surface area is 130 Å². The van der Waals surface area contributed by atoms with Gasteiger partial charge in [0.25, 0.3) is 5.91 Å². The van der Waals surface area contributed by atoms with Gasteiger partial charge < -0.3 is 19.4 Å². The molecular formula is C15H23N5O2. The number of rotatable bonds is 3. The molecule has 0 spiro atoms. The average Bonchev–Trinajstić information content (AvgIpc) is 3.09. The van der Waals surface area contributed by atoms with Crippen LogP contribution in [-0.4, -0.2) is 73.8 Å². The van der Waals surface area contributed by atoms with E-state index in [4.69, 9.17) is 4.74 Å². The molecule has 0 aromatic carbocycles.